The molecular formula is C14H24N4O5. The smallest absolute Gasteiger partial charge is 0.326 e. The molecule has 0 aromatic carbocycles. The van der Waals surface area contributed by atoms with E-state index in [0.29, 0.717) is 12.8 Å². The molecule has 3 amide bonds. The number of carbonyl (C=O) groups is 4. The Hall–Kier alpha value is -2.16. The number of nitrogens with one attached hydrogen (secondary N) is 1. The lowest BCUT2D eigenvalue weighted by atomic mass is 10.0. The van der Waals surface area contributed by atoms with E-state index in [9.17, 15) is 19.2 Å². The highest BCUT2D eigenvalue weighted by Gasteiger charge is 2.38. The van der Waals surface area contributed by atoms with Gasteiger partial charge in [0.2, 0.25) is 17.7 Å². The number of amides is 3. The second kappa shape index (κ2) is 7.91. The van der Waals surface area contributed by atoms with E-state index in [4.69, 9.17) is 16.6 Å². The zero-order chi connectivity index (χ0) is 17.7. The third-order valence-corrected chi connectivity index (χ3v) is 3.86. The molecule has 0 radical (unpaired) electrons. The summed E-state index contributed by atoms with van der Waals surface area (Å²) in [4.78, 5) is 48.1. The third-order valence-electron chi connectivity index (χ3n) is 3.86. The standard InChI is InChI=1S/C14H24N4O5/c1-7(2)11(16)12(20)17-8(6-10(15)19)13(21)18-5-3-4-9(18)14(22)23/h7-9,11H,3-6,16H2,1-2H3,(H2,15,19)(H,17,20)(H,22,23). The molecule has 1 aliphatic rings. The van der Waals surface area contributed by atoms with Gasteiger partial charge in [-0.3, -0.25) is 14.4 Å². The van der Waals surface area contributed by atoms with Crippen molar-refractivity contribution in [2.24, 2.45) is 17.4 Å². The Morgan fingerprint density at radius 3 is 2.39 bits per heavy atom. The van der Waals surface area contributed by atoms with Gasteiger partial charge in [0.05, 0.1) is 12.5 Å². The second-order valence-corrected chi connectivity index (χ2v) is 6.03. The van der Waals surface area contributed by atoms with Gasteiger partial charge >= 0.3 is 5.97 Å². The Kier molecular flexibility index (Phi) is 6.49. The van der Waals surface area contributed by atoms with E-state index < -0.39 is 48.2 Å². The van der Waals surface area contributed by atoms with Crippen LogP contribution in [0.15, 0.2) is 0 Å². The number of carbonyl (C=O) groups excluding carboxylic acids is 3. The minimum atomic E-state index is -1.20. The second-order valence-electron chi connectivity index (χ2n) is 6.03. The van der Waals surface area contributed by atoms with Crippen LogP contribution in [0, 0.1) is 5.92 Å². The van der Waals surface area contributed by atoms with Gasteiger partial charge in [0.15, 0.2) is 0 Å². The Morgan fingerprint density at radius 1 is 1.30 bits per heavy atom. The van der Waals surface area contributed by atoms with Crippen LogP contribution in [0.1, 0.15) is 33.1 Å². The molecule has 9 nitrogen and oxygen atoms in total. The van der Waals surface area contributed by atoms with Gasteiger partial charge in [-0.25, -0.2) is 4.79 Å². The number of primary amides is 1. The van der Waals surface area contributed by atoms with Crippen LogP contribution in [-0.4, -0.2) is 58.4 Å². The molecule has 1 saturated heterocycles. The van der Waals surface area contributed by atoms with E-state index in [0.717, 1.165) is 4.90 Å². The van der Waals surface area contributed by atoms with E-state index in [1.807, 2.05) is 0 Å². The summed E-state index contributed by atoms with van der Waals surface area (Å²) in [5.74, 6) is -3.24. The first-order valence-corrected chi connectivity index (χ1v) is 7.52. The van der Waals surface area contributed by atoms with Crippen molar-refractivity contribution in [1.82, 2.24) is 10.2 Å². The fourth-order valence-electron chi connectivity index (χ4n) is 2.46. The lowest BCUT2D eigenvalue weighted by Gasteiger charge is -2.28. The minimum absolute atomic E-state index is 0.155. The van der Waals surface area contributed by atoms with Crippen LogP contribution >= 0.6 is 0 Å². The summed E-state index contributed by atoms with van der Waals surface area (Å²) < 4.78 is 0. The molecule has 0 spiro atoms. The van der Waals surface area contributed by atoms with Crippen molar-refractivity contribution in [3.63, 3.8) is 0 Å². The van der Waals surface area contributed by atoms with Gasteiger partial charge in [0.25, 0.3) is 0 Å². The van der Waals surface area contributed by atoms with Crippen LogP contribution < -0.4 is 16.8 Å². The number of rotatable bonds is 7. The molecule has 23 heavy (non-hydrogen) atoms. The SMILES string of the molecule is CC(C)C(N)C(=O)NC(CC(N)=O)C(=O)N1CCCC1C(=O)O. The molecule has 1 aliphatic heterocycles. The van der Waals surface area contributed by atoms with Gasteiger partial charge in [-0.15, -0.1) is 0 Å². The fourth-order valence-corrected chi connectivity index (χ4v) is 2.46. The summed E-state index contributed by atoms with van der Waals surface area (Å²) >= 11 is 0. The molecule has 6 N–H and O–H groups in total. The molecule has 130 valence electrons. The van der Waals surface area contributed by atoms with Gasteiger partial charge in [-0.05, 0) is 18.8 Å². The zero-order valence-electron chi connectivity index (χ0n) is 13.3. The number of aliphatic carboxylic acids is 1. The Balaban J connectivity index is 2.88. The van der Waals surface area contributed by atoms with Crippen molar-refractivity contribution < 1.29 is 24.3 Å². The number of carboxylic acid groups (broad SMARTS) is 1. The van der Waals surface area contributed by atoms with Crippen molar-refractivity contribution >= 4 is 23.7 Å². The van der Waals surface area contributed by atoms with Crippen molar-refractivity contribution in [1.29, 1.82) is 0 Å². The minimum Gasteiger partial charge on any atom is -0.480 e. The first-order chi connectivity index (χ1) is 10.6. The van der Waals surface area contributed by atoms with Crippen LogP contribution in [0.2, 0.25) is 0 Å². The van der Waals surface area contributed by atoms with Gasteiger partial charge in [-0.2, -0.15) is 0 Å². The Labute approximate surface area is 134 Å². The topological polar surface area (TPSA) is 156 Å². The van der Waals surface area contributed by atoms with Crippen molar-refractivity contribution in [2.45, 2.75) is 51.2 Å². The zero-order valence-corrected chi connectivity index (χ0v) is 13.3. The number of likely N-dealkylation sites (tertiary alicyclic amines) is 1. The molecule has 0 aliphatic carbocycles. The molecule has 3 atom stereocenters. The van der Waals surface area contributed by atoms with Crippen molar-refractivity contribution in [3.8, 4) is 0 Å². The number of nitrogens with two attached hydrogens (primary N) is 2. The highest BCUT2D eigenvalue weighted by molar-refractivity contribution is 5.94. The first-order valence-electron chi connectivity index (χ1n) is 7.52. The van der Waals surface area contributed by atoms with Crippen LogP contribution in [0.25, 0.3) is 0 Å². The highest BCUT2D eigenvalue weighted by Crippen LogP contribution is 2.19. The monoisotopic (exact) mass is 328 g/mol. The van der Waals surface area contributed by atoms with Crippen LogP contribution in [0.4, 0.5) is 0 Å². The van der Waals surface area contributed by atoms with Gasteiger partial charge in [0, 0.05) is 6.54 Å². The molecule has 1 heterocycles. The molecule has 9 heteroatoms. The molecule has 1 rings (SSSR count). The van der Waals surface area contributed by atoms with Crippen LogP contribution in [-0.2, 0) is 19.2 Å². The highest BCUT2D eigenvalue weighted by atomic mass is 16.4. The summed E-state index contributed by atoms with van der Waals surface area (Å²) in [6.07, 6.45) is 0.480. The lowest BCUT2D eigenvalue weighted by Crippen LogP contribution is -2.56. The summed E-state index contributed by atoms with van der Waals surface area (Å²) in [7, 11) is 0. The van der Waals surface area contributed by atoms with Crippen LogP contribution in [0.5, 0.6) is 0 Å². The summed E-state index contributed by atoms with van der Waals surface area (Å²) in [5, 5.41) is 11.6. The largest absolute Gasteiger partial charge is 0.480 e. The average Bonchev–Trinajstić information content (AvgIpc) is 2.93. The van der Waals surface area contributed by atoms with E-state index in [-0.39, 0.29) is 12.5 Å². The molecule has 3 unspecified atom stereocenters. The van der Waals surface area contributed by atoms with E-state index in [2.05, 4.69) is 5.32 Å². The van der Waals surface area contributed by atoms with Gasteiger partial charge in [0.1, 0.15) is 12.1 Å². The fraction of sp³-hybridized carbons (Fsp3) is 0.714. The molecular weight excluding hydrogens is 304 g/mol. The molecule has 0 aromatic heterocycles. The maximum Gasteiger partial charge on any atom is 0.326 e. The number of hydrogen-bond acceptors (Lipinski definition) is 5. The number of nitrogens with zero attached hydrogens (tertiary/aromatic N) is 1. The predicted octanol–water partition coefficient (Wildman–Crippen LogP) is -1.59. The third kappa shape index (κ3) is 4.92. The Bertz CT molecular complexity index is 494. The average molecular weight is 328 g/mol. The summed E-state index contributed by atoms with van der Waals surface area (Å²) in [6.45, 7) is 3.75. The molecule has 1 fully saturated rings. The summed E-state index contributed by atoms with van der Waals surface area (Å²) in [6, 6.07) is -3.00. The van der Waals surface area contributed by atoms with E-state index >= 15 is 0 Å². The molecule has 0 bridgehead atoms. The van der Waals surface area contributed by atoms with Gasteiger partial charge < -0.3 is 26.8 Å². The predicted molar refractivity (Wildman–Crippen MR) is 80.9 cm³/mol. The maximum atomic E-state index is 12.5. The molecule has 0 saturated carbocycles. The normalized spacial score (nSPS) is 20.2. The van der Waals surface area contributed by atoms with E-state index in [1.54, 1.807) is 13.8 Å². The molecule has 0 aromatic rings. The first kappa shape index (κ1) is 18.9. The Morgan fingerprint density at radius 2 is 1.91 bits per heavy atom. The summed E-state index contributed by atoms with van der Waals surface area (Å²) in [5.41, 5.74) is 10.8. The van der Waals surface area contributed by atoms with E-state index in [1.165, 1.54) is 0 Å². The number of carboxylic acids is 1. The quantitative estimate of drug-likeness (QED) is 0.441. The lowest BCUT2D eigenvalue weighted by molar-refractivity contribution is -0.149. The number of hydrogen-bond donors (Lipinski definition) is 4. The maximum absolute atomic E-state index is 12.5. The van der Waals surface area contributed by atoms with Crippen molar-refractivity contribution in [2.75, 3.05) is 6.54 Å². The van der Waals surface area contributed by atoms with Crippen LogP contribution in [0.3, 0.4) is 0 Å². The van der Waals surface area contributed by atoms with Crippen molar-refractivity contribution in [3.05, 3.63) is 0 Å². The van der Waals surface area contributed by atoms with Gasteiger partial charge in [-0.1, -0.05) is 13.8 Å².